The first kappa shape index (κ1) is 15.0. The average molecular weight is 293 g/mol. The Morgan fingerprint density at radius 1 is 0.955 bits per heavy atom. The maximum atomic E-state index is 12.7. The maximum absolute atomic E-state index is 12.7. The first-order chi connectivity index (χ1) is 10.8. The van der Waals surface area contributed by atoms with Gasteiger partial charge in [-0.1, -0.05) is 74.0 Å². The molecule has 0 aromatic heterocycles. The molecule has 1 aliphatic rings. The Morgan fingerprint density at radius 3 is 2.14 bits per heavy atom. The van der Waals surface area contributed by atoms with Gasteiger partial charge in [0.15, 0.2) is 0 Å². The smallest absolute Gasteiger partial charge is 0.139 e. The molecule has 1 N–H and O–H groups in total. The minimum atomic E-state index is 0.0902. The van der Waals surface area contributed by atoms with Crippen molar-refractivity contribution in [2.24, 2.45) is 5.92 Å². The molecule has 3 rings (SSSR count). The fraction of sp³-hybridized carbons (Fsp3) is 0.350. The van der Waals surface area contributed by atoms with E-state index in [1.165, 1.54) is 11.1 Å². The van der Waals surface area contributed by atoms with Crippen LogP contribution in [0, 0.1) is 5.92 Å². The Labute approximate surface area is 132 Å². The summed E-state index contributed by atoms with van der Waals surface area (Å²) in [4.78, 5) is 12.7. The predicted octanol–water partition coefficient (Wildman–Crippen LogP) is 4.45. The molecule has 3 atom stereocenters. The Balaban J connectivity index is 1.90. The molecule has 0 unspecified atom stereocenters. The van der Waals surface area contributed by atoms with Crippen molar-refractivity contribution in [1.82, 2.24) is 5.32 Å². The lowest BCUT2D eigenvalue weighted by Crippen LogP contribution is -2.42. The molecule has 0 amide bonds. The summed E-state index contributed by atoms with van der Waals surface area (Å²) in [5, 5.41) is 3.73. The minimum absolute atomic E-state index is 0.0902. The fourth-order valence-corrected chi connectivity index (χ4v) is 3.46. The number of carbonyl (C=O) groups is 1. The van der Waals surface area contributed by atoms with Gasteiger partial charge in [-0.3, -0.25) is 4.79 Å². The second-order valence-corrected chi connectivity index (χ2v) is 6.08. The van der Waals surface area contributed by atoms with Gasteiger partial charge >= 0.3 is 0 Å². The van der Waals surface area contributed by atoms with Gasteiger partial charge in [0, 0.05) is 24.4 Å². The lowest BCUT2D eigenvalue weighted by atomic mass is 9.79. The number of ketones is 1. The summed E-state index contributed by atoms with van der Waals surface area (Å²) in [6.45, 7) is 2.15. The Kier molecular flexibility index (Phi) is 4.69. The number of hydrogen-bond acceptors (Lipinski definition) is 2. The number of hydrogen-bond donors (Lipinski definition) is 1. The Bertz CT molecular complexity index is 608. The van der Waals surface area contributed by atoms with E-state index >= 15 is 0 Å². The van der Waals surface area contributed by atoms with Crippen molar-refractivity contribution in [3.63, 3.8) is 0 Å². The van der Waals surface area contributed by atoms with E-state index in [0.29, 0.717) is 12.2 Å². The van der Waals surface area contributed by atoms with E-state index in [4.69, 9.17) is 0 Å². The molecule has 1 saturated heterocycles. The van der Waals surface area contributed by atoms with Crippen LogP contribution in [0.25, 0.3) is 0 Å². The van der Waals surface area contributed by atoms with Crippen LogP contribution >= 0.6 is 0 Å². The van der Waals surface area contributed by atoms with E-state index in [9.17, 15) is 4.79 Å². The van der Waals surface area contributed by atoms with E-state index < -0.39 is 0 Å². The highest BCUT2D eigenvalue weighted by Gasteiger charge is 2.36. The zero-order chi connectivity index (χ0) is 15.4. The SMILES string of the molecule is CCC[C@@H]1C(=O)C[C@@H](c2ccccc2)N[C@@H]1c1ccccc1. The van der Waals surface area contributed by atoms with Gasteiger partial charge in [0.2, 0.25) is 0 Å². The molecule has 2 nitrogen and oxygen atoms in total. The van der Waals surface area contributed by atoms with Crippen molar-refractivity contribution in [2.45, 2.75) is 38.3 Å². The molecule has 2 heteroatoms. The van der Waals surface area contributed by atoms with Crippen LogP contribution in [0.15, 0.2) is 60.7 Å². The van der Waals surface area contributed by atoms with Crippen LogP contribution in [-0.2, 0) is 4.79 Å². The normalized spacial score (nSPS) is 25.1. The van der Waals surface area contributed by atoms with Crippen LogP contribution in [0.2, 0.25) is 0 Å². The zero-order valence-electron chi connectivity index (χ0n) is 13.0. The van der Waals surface area contributed by atoms with E-state index in [2.05, 4.69) is 48.6 Å². The van der Waals surface area contributed by atoms with Crippen molar-refractivity contribution in [2.75, 3.05) is 0 Å². The van der Waals surface area contributed by atoms with Crippen molar-refractivity contribution >= 4 is 5.78 Å². The third-order valence-electron chi connectivity index (χ3n) is 4.56. The van der Waals surface area contributed by atoms with Crippen molar-refractivity contribution in [3.05, 3.63) is 71.8 Å². The lowest BCUT2D eigenvalue weighted by Gasteiger charge is -2.37. The van der Waals surface area contributed by atoms with E-state index in [1.807, 2.05) is 24.3 Å². The number of piperidine rings is 1. The van der Waals surface area contributed by atoms with Crippen LogP contribution in [0.1, 0.15) is 49.4 Å². The predicted molar refractivity (Wildman–Crippen MR) is 89.5 cm³/mol. The first-order valence-corrected chi connectivity index (χ1v) is 8.18. The number of benzene rings is 2. The molecule has 1 aliphatic heterocycles. The summed E-state index contributed by atoms with van der Waals surface area (Å²) in [5.74, 6) is 0.482. The number of Topliss-reactive ketones (excluding diaryl/α,β-unsaturated/α-hetero) is 1. The molecule has 22 heavy (non-hydrogen) atoms. The van der Waals surface area contributed by atoms with Gasteiger partial charge < -0.3 is 5.32 Å². The Hall–Kier alpha value is -1.93. The van der Waals surface area contributed by atoms with Gasteiger partial charge in [-0.2, -0.15) is 0 Å². The van der Waals surface area contributed by atoms with Crippen LogP contribution in [-0.4, -0.2) is 5.78 Å². The number of carbonyl (C=O) groups excluding carboxylic acids is 1. The highest BCUT2D eigenvalue weighted by Crippen LogP contribution is 2.36. The summed E-state index contributed by atoms with van der Waals surface area (Å²) in [7, 11) is 0. The molecular weight excluding hydrogens is 270 g/mol. The summed E-state index contributed by atoms with van der Waals surface area (Å²) >= 11 is 0. The van der Waals surface area contributed by atoms with E-state index in [0.717, 1.165) is 12.8 Å². The van der Waals surface area contributed by atoms with E-state index in [1.54, 1.807) is 0 Å². The molecule has 1 fully saturated rings. The average Bonchev–Trinajstić information content (AvgIpc) is 2.58. The highest BCUT2D eigenvalue weighted by atomic mass is 16.1. The summed E-state index contributed by atoms with van der Waals surface area (Å²) in [6.07, 6.45) is 2.59. The molecular formula is C20H23NO. The second kappa shape index (κ2) is 6.89. The molecule has 114 valence electrons. The number of rotatable bonds is 4. The third-order valence-corrected chi connectivity index (χ3v) is 4.56. The van der Waals surface area contributed by atoms with Crippen LogP contribution < -0.4 is 5.32 Å². The molecule has 2 aromatic rings. The summed E-state index contributed by atoms with van der Waals surface area (Å²) in [5.41, 5.74) is 2.42. The van der Waals surface area contributed by atoms with E-state index in [-0.39, 0.29) is 18.0 Å². The van der Waals surface area contributed by atoms with Gasteiger partial charge in [0.05, 0.1) is 0 Å². The quantitative estimate of drug-likeness (QED) is 0.902. The summed E-state index contributed by atoms with van der Waals surface area (Å²) in [6, 6.07) is 20.9. The molecule has 0 spiro atoms. The first-order valence-electron chi connectivity index (χ1n) is 8.18. The Morgan fingerprint density at radius 2 is 1.55 bits per heavy atom. The van der Waals surface area contributed by atoms with Crippen molar-refractivity contribution < 1.29 is 4.79 Å². The minimum Gasteiger partial charge on any atom is -0.302 e. The van der Waals surface area contributed by atoms with Gasteiger partial charge in [0.1, 0.15) is 5.78 Å². The molecule has 1 heterocycles. The second-order valence-electron chi connectivity index (χ2n) is 6.08. The van der Waals surface area contributed by atoms with Crippen LogP contribution in [0.4, 0.5) is 0 Å². The van der Waals surface area contributed by atoms with Gasteiger partial charge in [-0.15, -0.1) is 0 Å². The van der Waals surface area contributed by atoms with Crippen LogP contribution in [0.3, 0.4) is 0 Å². The van der Waals surface area contributed by atoms with Gasteiger partial charge in [0.25, 0.3) is 0 Å². The molecule has 0 bridgehead atoms. The molecule has 0 aliphatic carbocycles. The molecule has 0 saturated carbocycles. The maximum Gasteiger partial charge on any atom is 0.139 e. The molecule has 0 radical (unpaired) electrons. The summed E-state index contributed by atoms with van der Waals surface area (Å²) < 4.78 is 0. The van der Waals surface area contributed by atoms with Gasteiger partial charge in [-0.25, -0.2) is 0 Å². The highest BCUT2D eigenvalue weighted by molar-refractivity contribution is 5.83. The topological polar surface area (TPSA) is 29.1 Å². The van der Waals surface area contributed by atoms with Crippen molar-refractivity contribution in [1.29, 1.82) is 0 Å². The van der Waals surface area contributed by atoms with Gasteiger partial charge in [-0.05, 0) is 17.5 Å². The fourth-order valence-electron chi connectivity index (χ4n) is 3.46. The zero-order valence-corrected chi connectivity index (χ0v) is 13.0. The molecule has 2 aromatic carbocycles. The largest absolute Gasteiger partial charge is 0.302 e. The lowest BCUT2D eigenvalue weighted by molar-refractivity contribution is -0.127. The standard InChI is InChI=1S/C20H23NO/c1-2-9-17-19(22)14-18(15-10-5-3-6-11-15)21-20(17)16-12-7-4-8-13-16/h3-8,10-13,17-18,20-21H,2,9,14H2,1H3/t17-,18+,20-/m1/s1. The van der Waals surface area contributed by atoms with Crippen molar-refractivity contribution in [3.8, 4) is 0 Å². The number of nitrogens with one attached hydrogen (secondary N) is 1. The van der Waals surface area contributed by atoms with Crippen LogP contribution in [0.5, 0.6) is 0 Å². The monoisotopic (exact) mass is 293 g/mol. The third kappa shape index (κ3) is 3.12.